The number of nitrogens with zero attached hydrogens (tertiary/aromatic N) is 4. The van der Waals surface area contributed by atoms with Crippen molar-refractivity contribution in [1.29, 1.82) is 0 Å². The summed E-state index contributed by atoms with van der Waals surface area (Å²) in [6.07, 6.45) is 3.98. The van der Waals surface area contributed by atoms with E-state index in [-0.39, 0.29) is 17.3 Å². The summed E-state index contributed by atoms with van der Waals surface area (Å²) in [7, 11) is 2.11. The van der Waals surface area contributed by atoms with E-state index in [9.17, 15) is 9.59 Å². The van der Waals surface area contributed by atoms with Crippen LogP contribution in [0.5, 0.6) is 0 Å². The Hall–Kier alpha value is -2.32. The molecule has 0 unspecified atom stereocenters. The van der Waals surface area contributed by atoms with Gasteiger partial charge >= 0.3 is 5.69 Å². The molecule has 7 nitrogen and oxygen atoms in total. The average molecular weight is 442 g/mol. The van der Waals surface area contributed by atoms with E-state index < -0.39 is 0 Å². The molecule has 1 aliphatic carbocycles. The fourth-order valence-corrected chi connectivity index (χ4v) is 5.33. The van der Waals surface area contributed by atoms with Crippen LogP contribution >= 0.6 is 11.8 Å². The van der Waals surface area contributed by atoms with Crippen LogP contribution < -0.4 is 16.0 Å². The topological polar surface area (TPSA) is 70.5 Å². The van der Waals surface area contributed by atoms with Crippen LogP contribution in [0.4, 0.5) is 5.69 Å². The van der Waals surface area contributed by atoms with Crippen molar-refractivity contribution in [2.24, 2.45) is 0 Å². The van der Waals surface area contributed by atoms with Crippen LogP contribution in [0, 0.1) is 13.8 Å². The van der Waals surface area contributed by atoms with E-state index >= 15 is 0 Å². The van der Waals surface area contributed by atoms with Gasteiger partial charge in [0.1, 0.15) is 5.03 Å². The summed E-state index contributed by atoms with van der Waals surface area (Å²) >= 11 is 1.38. The summed E-state index contributed by atoms with van der Waals surface area (Å²) in [5.41, 5.74) is 5.06. The zero-order valence-electron chi connectivity index (χ0n) is 18.6. The number of hydrogen-bond donors (Lipinski definition) is 1. The van der Waals surface area contributed by atoms with Crippen molar-refractivity contribution < 1.29 is 4.79 Å². The molecule has 1 aromatic heterocycles. The number of aryl methyl sites for hydroxylation is 2. The normalized spacial score (nSPS) is 16.8. The van der Waals surface area contributed by atoms with E-state index in [0.717, 1.165) is 85.0 Å². The van der Waals surface area contributed by atoms with E-state index in [1.807, 2.05) is 30.7 Å². The molecule has 1 N–H and O–H groups in total. The maximum absolute atomic E-state index is 13.0. The fraction of sp³-hybridized carbons (Fsp3) is 0.522. The molecule has 0 atom stereocenters. The highest BCUT2D eigenvalue weighted by Crippen LogP contribution is 2.29. The zero-order chi connectivity index (χ0) is 22.0. The number of nitrogens with one attached hydrogen (secondary N) is 1. The summed E-state index contributed by atoms with van der Waals surface area (Å²) < 4.78 is 1.82. The molecule has 0 radical (unpaired) electrons. The number of thioether (sulfide) groups is 1. The minimum atomic E-state index is -0.220. The van der Waals surface area contributed by atoms with E-state index in [2.05, 4.69) is 33.3 Å². The van der Waals surface area contributed by atoms with Gasteiger partial charge in [0.25, 0.3) is 0 Å². The highest BCUT2D eigenvalue weighted by molar-refractivity contribution is 8.00. The molecule has 1 saturated heterocycles. The third-order valence-electron chi connectivity index (χ3n) is 5.94. The van der Waals surface area contributed by atoms with Crippen LogP contribution in [-0.4, -0.2) is 59.4 Å². The standard InChI is InChI=1S/C23H31N5O2S/c1-16-12-17(2)14-18(13-16)24-21(29)15-31-22-19-6-4-5-7-20(19)28(23(30)25-22)27-10-8-26(3)9-11-27/h12-14H,4-11,15H2,1-3H3,(H,24,29). The lowest BCUT2D eigenvalue weighted by Gasteiger charge is -2.37. The Kier molecular flexibility index (Phi) is 6.67. The van der Waals surface area contributed by atoms with Gasteiger partial charge in [-0.1, -0.05) is 17.8 Å². The summed E-state index contributed by atoms with van der Waals surface area (Å²) in [5.74, 6) is 0.161. The number of carbonyl (C=O) groups is 1. The van der Waals surface area contributed by atoms with Crippen LogP contribution in [0.3, 0.4) is 0 Å². The Morgan fingerprint density at radius 2 is 1.74 bits per heavy atom. The monoisotopic (exact) mass is 441 g/mol. The molecule has 2 aliphatic rings. The molecule has 166 valence electrons. The van der Waals surface area contributed by atoms with E-state index in [4.69, 9.17) is 0 Å². The van der Waals surface area contributed by atoms with Gasteiger partial charge in [-0.3, -0.25) is 4.79 Å². The highest BCUT2D eigenvalue weighted by atomic mass is 32.2. The van der Waals surface area contributed by atoms with Gasteiger partial charge in [0, 0.05) is 37.4 Å². The summed E-state index contributed by atoms with van der Waals surface area (Å²) in [6.45, 7) is 7.57. The number of amides is 1. The molecule has 0 bridgehead atoms. The first-order valence-electron chi connectivity index (χ1n) is 11.0. The maximum Gasteiger partial charge on any atom is 0.367 e. The van der Waals surface area contributed by atoms with Gasteiger partial charge in [-0.05, 0) is 69.8 Å². The smallest absolute Gasteiger partial charge is 0.325 e. The van der Waals surface area contributed by atoms with Gasteiger partial charge in [-0.15, -0.1) is 0 Å². The molecule has 0 saturated carbocycles. The number of anilines is 1. The first-order valence-corrected chi connectivity index (χ1v) is 12.0. The van der Waals surface area contributed by atoms with Crippen molar-refractivity contribution in [2.45, 2.75) is 44.6 Å². The van der Waals surface area contributed by atoms with Crippen LogP contribution in [0.2, 0.25) is 0 Å². The van der Waals surface area contributed by atoms with E-state index in [1.54, 1.807) is 0 Å². The molecule has 1 amide bonds. The molecule has 4 rings (SSSR count). The Labute approximate surface area is 187 Å². The first kappa shape index (κ1) is 21.9. The van der Waals surface area contributed by atoms with Crippen LogP contribution in [-0.2, 0) is 17.6 Å². The fourth-order valence-electron chi connectivity index (χ4n) is 4.46. The van der Waals surface area contributed by atoms with Gasteiger partial charge < -0.3 is 15.2 Å². The lowest BCUT2D eigenvalue weighted by molar-refractivity contribution is -0.113. The van der Waals surface area contributed by atoms with Crippen LogP contribution in [0.15, 0.2) is 28.0 Å². The third-order valence-corrected chi connectivity index (χ3v) is 6.96. The summed E-state index contributed by atoms with van der Waals surface area (Å²) in [6, 6.07) is 6.01. The second-order valence-corrected chi connectivity index (χ2v) is 9.58. The predicted octanol–water partition coefficient (Wildman–Crippen LogP) is 2.35. The highest BCUT2D eigenvalue weighted by Gasteiger charge is 2.25. The molecule has 8 heteroatoms. The number of fused-ring (bicyclic) bond motifs is 1. The molecule has 2 aromatic rings. The Bertz CT molecular complexity index is 1010. The Morgan fingerprint density at radius 1 is 1.06 bits per heavy atom. The van der Waals surface area contributed by atoms with Crippen molar-refractivity contribution in [3.63, 3.8) is 0 Å². The van der Waals surface area contributed by atoms with Gasteiger partial charge in [-0.2, -0.15) is 4.98 Å². The molecule has 1 aromatic carbocycles. The predicted molar refractivity (Wildman–Crippen MR) is 126 cm³/mol. The second-order valence-electron chi connectivity index (χ2n) is 8.61. The van der Waals surface area contributed by atoms with Gasteiger partial charge in [0.05, 0.1) is 11.4 Å². The van der Waals surface area contributed by atoms with Crippen molar-refractivity contribution in [3.05, 3.63) is 51.1 Å². The van der Waals surface area contributed by atoms with Gasteiger partial charge in [0.2, 0.25) is 5.91 Å². The zero-order valence-corrected chi connectivity index (χ0v) is 19.4. The van der Waals surface area contributed by atoms with Crippen molar-refractivity contribution in [1.82, 2.24) is 14.6 Å². The Balaban J connectivity index is 1.51. The lowest BCUT2D eigenvalue weighted by atomic mass is 9.97. The molecule has 0 spiro atoms. The van der Waals surface area contributed by atoms with Crippen molar-refractivity contribution in [3.8, 4) is 0 Å². The molecule has 2 heterocycles. The summed E-state index contributed by atoms with van der Waals surface area (Å²) in [4.78, 5) is 32.2. The van der Waals surface area contributed by atoms with E-state index in [1.165, 1.54) is 11.8 Å². The minimum Gasteiger partial charge on any atom is -0.325 e. The van der Waals surface area contributed by atoms with Gasteiger partial charge in [-0.25, -0.2) is 9.47 Å². The van der Waals surface area contributed by atoms with Crippen molar-refractivity contribution in [2.75, 3.05) is 49.3 Å². The SMILES string of the molecule is Cc1cc(C)cc(NC(=O)CSc2nc(=O)n(N3CCN(C)CC3)c3c2CCCC3)c1. The number of carbonyl (C=O) groups excluding carboxylic acids is 1. The number of hydrogen-bond acceptors (Lipinski definition) is 6. The number of rotatable bonds is 5. The first-order chi connectivity index (χ1) is 14.9. The number of benzene rings is 1. The van der Waals surface area contributed by atoms with Gasteiger partial charge in [0.15, 0.2) is 0 Å². The molecular weight excluding hydrogens is 410 g/mol. The van der Waals surface area contributed by atoms with Crippen LogP contribution in [0.25, 0.3) is 0 Å². The summed E-state index contributed by atoms with van der Waals surface area (Å²) in [5, 5.41) is 5.83. The second kappa shape index (κ2) is 9.44. The third kappa shape index (κ3) is 5.13. The Morgan fingerprint density at radius 3 is 2.45 bits per heavy atom. The van der Waals surface area contributed by atoms with Crippen LogP contribution in [0.1, 0.15) is 35.2 Å². The largest absolute Gasteiger partial charge is 0.367 e. The molecule has 1 aliphatic heterocycles. The lowest BCUT2D eigenvalue weighted by Crippen LogP contribution is -2.54. The molecule has 1 fully saturated rings. The van der Waals surface area contributed by atoms with Crippen molar-refractivity contribution >= 4 is 23.4 Å². The van der Waals surface area contributed by atoms with E-state index in [0.29, 0.717) is 0 Å². The molecule has 31 heavy (non-hydrogen) atoms. The molecular formula is C23H31N5O2S. The average Bonchev–Trinajstić information content (AvgIpc) is 2.72. The number of piperazine rings is 1. The number of aromatic nitrogens is 2. The quantitative estimate of drug-likeness (QED) is 0.567. The minimum absolute atomic E-state index is 0.0791. The maximum atomic E-state index is 13.0. The number of likely N-dealkylation sites (N-methyl/N-ethyl adjacent to an activating group) is 1.